The zero-order valence-corrected chi connectivity index (χ0v) is 15.7. The van der Waals surface area contributed by atoms with Gasteiger partial charge in [0.05, 0.1) is 31.6 Å². The van der Waals surface area contributed by atoms with E-state index in [2.05, 4.69) is 25.3 Å². The van der Waals surface area contributed by atoms with E-state index in [0.717, 1.165) is 27.8 Å². The van der Waals surface area contributed by atoms with Crippen LogP contribution in [-0.2, 0) is 6.54 Å². The van der Waals surface area contributed by atoms with Crippen molar-refractivity contribution in [2.75, 3.05) is 7.11 Å². The van der Waals surface area contributed by atoms with Gasteiger partial charge in [-0.3, -0.25) is 9.78 Å². The molecule has 0 amide bonds. The minimum Gasteiger partial charge on any atom is -0.497 e. The molecule has 8 heteroatoms. The van der Waals surface area contributed by atoms with Crippen LogP contribution in [0.4, 0.5) is 0 Å². The van der Waals surface area contributed by atoms with Gasteiger partial charge in [-0.1, -0.05) is 35.9 Å². The quantitative estimate of drug-likeness (QED) is 0.467. The number of aromatic amines is 1. The molecule has 1 N–H and O–H groups in total. The number of methoxy groups -OCH3 is 1. The van der Waals surface area contributed by atoms with Gasteiger partial charge in [0.15, 0.2) is 11.0 Å². The van der Waals surface area contributed by atoms with Crippen LogP contribution in [0.15, 0.2) is 54.9 Å². The number of halogens is 1. The van der Waals surface area contributed by atoms with Crippen LogP contribution in [0.2, 0.25) is 5.15 Å². The first-order valence-corrected chi connectivity index (χ1v) is 9.04. The van der Waals surface area contributed by atoms with E-state index in [-0.39, 0.29) is 0 Å². The SMILES string of the molecule is COc1ccc(Cn2cc3nc(-c4ccc5cn[nH]c5c4)nc(Cl)c3n2)cc1. The average molecular weight is 391 g/mol. The number of nitrogens with zero attached hydrogens (tertiary/aromatic N) is 5. The van der Waals surface area contributed by atoms with Crippen LogP contribution in [0, 0.1) is 0 Å². The Hall–Kier alpha value is -3.45. The zero-order valence-electron chi connectivity index (χ0n) is 14.9. The van der Waals surface area contributed by atoms with Gasteiger partial charge in [-0.25, -0.2) is 9.97 Å². The number of ether oxygens (including phenoxy) is 1. The molecule has 3 aromatic heterocycles. The van der Waals surface area contributed by atoms with Crippen molar-refractivity contribution in [2.45, 2.75) is 6.54 Å². The van der Waals surface area contributed by atoms with Crippen molar-refractivity contribution >= 4 is 33.5 Å². The zero-order chi connectivity index (χ0) is 19.1. The lowest BCUT2D eigenvalue weighted by Crippen LogP contribution is -1.99. The molecule has 0 spiro atoms. The van der Waals surface area contributed by atoms with Crippen molar-refractivity contribution in [1.29, 1.82) is 0 Å². The van der Waals surface area contributed by atoms with Gasteiger partial charge in [0.25, 0.3) is 0 Å². The molecule has 0 bridgehead atoms. The van der Waals surface area contributed by atoms with Gasteiger partial charge < -0.3 is 4.74 Å². The first kappa shape index (κ1) is 16.7. The second kappa shape index (κ2) is 6.61. The molecule has 0 saturated carbocycles. The maximum atomic E-state index is 6.40. The van der Waals surface area contributed by atoms with Gasteiger partial charge in [0, 0.05) is 10.9 Å². The van der Waals surface area contributed by atoms with Gasteiger partial charge in [-0.2, -0.15) is 10.2 Å². The summed E-state index contributed by atoms with van der Waals surface area (Å²) in [6.45, 7) is 0.603. The number of hydrogen-bond donors (Lipinski definition) is 1. The van der Waals surface area contributed by atoms with Crippen LogP contribution in [-0.4, -0.2) is 37.1 Å². The Morgan fingerprint density at radius 2 is 1.96 bits per heavy atom. The van der Waals surface area contributed by atoms with Crippen LogP contribution in [0.5, 0.6) is 5.75 Å². The van der Waals surface area contributed by atoms with Crippen molar-refractivity contribution in [2.24, 2.45) is 0 Å². The van der Waals surface area contributed by atoms with E-state index in [1.807, 2.05) is 53.3 Å². The molecular weight excluding hydrogens is 376 g/mol. The molecule has 2 aromatic carbocycles. The van der Waals surface area contributed by atoms with E-state index in [0.29, 0.717) is 28.6 Å². The van der Waals surface area contributed by atoms with Crippen LogP contribution < -0.4 is 4.74 Å². The Bertz CT molecular complexity index is 1290. The second-order valence-electron chi connectivity index (χ2n) is 6.42. The molecule has 5 rings (SSSR count). The molecule has 0 aliphatic carbocycles. The molecule has 3 heterocycles. The van der Waals surface area contributed by atoms with Gasteiger partial charge in [-0.05, 0) is 23.8 Å². The molecule has 28 heavy (non-hydrogen) atoms. The normalized spacial score (nSPS) is 11.4. The largest absolute Gasteiger partial charge is 0.497 e. The lowest BCUT2D eigenvalue weighted by Gasteiger charge is -2.03. The smallest absolute Gasteiger partial charge is 0.161 e. The van der Waals surface area contributed by atoms with E-state index >= 15 is 0 Å². The number of fused-ring (bicyclic) bond motifs is 2. The molecule has 0 radical (unpaired) electrons. The van der Waals surface area contributed by atoms with E-state index in [4.69, 9.17) is 16.3 Å². The summed E-state index contributed by atoms with van der Waals surface area (Å²) >= 11 is 6.40. The molecule has 0 atom stereocenters. The summed E-state index contributed by atoms with van der Waals surface area (Å²) in [6, 6.07) is 13.7. The molecular formula is C20H15ClN6O. The Morgan fingerprint density at radius 3 is 2.79 bits per heavy atom. The summed E-state index contributed by atoms with van der Waals surface area (Å²) in [7, 11) is 1.65. The first-order chi connectivity index (χ1) is 13.7. The minimum atomic E-state index is 0.332. The summed E-state index contributed by atoms with van der Waals surface area (Å²) in [6.07, 6.45) is 3.66. The van der Waals surface area contributed by atoms with Gasteiger partial charge >= 0.3 is 0 Å². The standard InChI is InChI=1S/C20H15ClN6O/c1-28-15-6-2-12(3-7-15)10-27-11-17-18(26-27)19(21)24-20(23-17)13-4-5-14-9-22-25-16(14)8-13/h2-9,11H,10H2,1H3,(H,22,25). The topological polar surface area (TPSA) is 81.5 Å². The summed E-state index contributed by atoms with van der Waals surface area (Å²) in [5, 5.41) is 12.9. The van der Waals surface area contributed by atoms with Crippen LogP contribution in [0.3, 0.4) is 0 Å². The van der Waals surface area contributed by atoms with Crippen LogP contribution >= 0.6 is 11.6 Å². The molecule has 5 aromatic rings. The van der Waals surface area contributed by atoms with Gasteiger partial charge in [-0.15, -0.1) is 0 Å². The number of hydrogen-bond acceptors (Lipinski definition) is 5. The predicted octanol–water partition coefficient (Wildman–Crippen LogP) is 4.08. The molecule has 138 valence electrons. The highest BCUT2D eigenvalue weighted by Gasteiger charge is 2.13. The molecule has 0 aliphatic rings. The molecule has 7 nitrogen and oxygen atoms in total. The fraction of sp³-hybridized carbons (Fsp3) is 0.100. The van der Waals surface area contributed by atoms with Gasteiger partial charge in [0.2, 0.25) is 0 Å². The third kappa shape index (κ3) is 2.95. The van der Waals surface area contributed by atoms with E-state index in [9.17, 15) is 0 Å². The summed E-state index contributed by atoms with van der Waals surface area (Å²) in [5.74, 6) is 1.38. The highest BCUT2D eigenvalue weighted by Crippen LogP contribution is 2.26. The fourth-order valence-electron chi connectivity index (χ4n) is 3.13. The van der Waals surface area contributed by atoms with Crippen molar-refractivity contribution in [3.63, 3.8) is 0 Å². The number of H-pyrrole nitrogens is 1. The van der Waals surface area contributed by atoms with E-state index in [1.165, 1.54) is 0 Å². The highest BCUT2D eigenvalue weighted by atomic mass is 35.5. The fourth-order valence-corrected chi connectivity index (χ4v) is 3.34. The molecule has 0 fully saturated rings. The molecule has 0 saturated heterocycles. The van der Waals surface area contributed by atoms with E-state index in [1.54, 1.807) is 13.3 Å². The van der Waals surface area contributed by atoms with Crippen molar-refractivity contribution < 1.29 is 4.74 Å². The van der Waals surface area contributed by atoms with Crippen molar-refractivity contribution in [1.82, 2.24) is 29.9 Å². The first-order valence-electron chi connectivity index (χ1n) is 8.67. The van der Waals surface area contributed by atoms with Crippen LogP contribution in [0.25, 0.3) is 33.3 Å². The maximum Gasteiger partial charge on any atom is 0.161 e. The Morgan fingerprint density at radius 1 is 1.11 bits per heavy atom. The highest BCUT2D eigenvalue weighted by molar-refractivity contribution is 6.33. The third-order valence-electron chi connectivity index (χ3n) is 4.57. The number of benzene rings is 2. The number of nitrogens with one attached hydrogen (secondary N) is 1. The van der Waals surface area contributed by atoms with Crippen LogP contribution in [0.1, 0.15) is 5.56 Å². The Balaban J connectivity index is 1.51. The lowest BCUT2D eigenvalue weighted by atomic mass is 10.1. The second-order valence-corrected chi connectivity index (χ2v) is 6.78. The lowest BCUT2D eigenvalue weighted by molar-refractivity contribution is 0.414. The summed E-state index contributed by atoms with van der Waals surface area (Å²) in [4.78, 5) is 9.09. The average Bonchev–Trinajstić information content (AvgIpc) is 3.34. The third-order valence-corrected chi connectivity index (χ3v) is 4.84. The monoisotopic (exact) mass is 390 g/mol. The van der Waals surface area contributed by atoms with E-state index < -0.39 is 0 Å². The maximum absolute atomic E-state index is 6.40. The van der Waals surface area contributed by atoms with Gasteiger partial charge in [0.1, 0.15) is 16.8 Å². The van der Waals surface area contributed by atoms with Crippen molar-refractivity contribution in [3.8, 4) is 17.1 Å². The van der Waals surface area contributed by atoms with Crippen molar-refractivity contribution in [3.05, 3.63) is 65.6 Å². The molecule has 0 aliphatic heterocycles. The predicted molar refractivity (Wildman–Crippen MR) is 108 cm³/mol. The number of aromatic nitrogens is 6. The number of rotatable bonds is 4. The Kier molecular flexibility index (Phi) is 3.95. The minimum absolute atomic E-state index is 0.332. The molecule has 0 unspecified atom stereocenters. The summed E-state index contributed by atoms with van der Waals surface area (Å²) < 4.78 is 7.01. The Labute approximate surface area is 164 Å². The summed E-state index contributed by atoms with van der Waals surface area (Å²) in [5.41, 5.74) is 4.17.